The van der Waals surface area contributed by atoms with Crippen LogP contribution in [0.5, 0.6) is 5.75 Å². The first-order valence-corrected chi connectivity index (χ1v) is 14.7. The number of benzene rings is 2. The summed E-state index contributed by atoms with van der Waals surface area (Å²) in [5.41, 5.74) is 1.34. The van der Waals surface area contributed by atoms with Crippen LogP contribution in [0.25, 0.3) is 0 Å². The average molecular weight is 552 g/mol. The van der Waals surface area contributed by atoms with Crippen molar-refractivity contribution in [2.45, 2.75) is 65.1 Å². The third-order valence-electron chi connectivity index (χ3n) is 6.17. The predicted octanol–water partition coefficient (Wildman–Crippen LogP) is 4.62. The van der Waals surface area contributed by atoms with Gasteiger partial charge in [-0.2, -0.15) is 0 Å². The van der Waals surface area contributed by atoms with Crippen LogP contribution in [0.1, 0.15) is 52.0 Å². The number of nitrogens with zero attached hydrogens (tertiary/aromatic N) is 2. The van der Waals surface area contributed by atoms with Gasteiger partial charge in [0, 0.05) is 30.6 Å². The Morgan fingerprint density at radius 3 is 2.16 bits per heavy atom. The first-order valence-electron chi connectivity index (χ1n) is 12.5. The Balaban J connectivity index is 2.21. The number of hydrogen-bond acceptors (Lipinski definition) is 5. The Bertz CT molecular complexity index is 1120. The molecule has 0 spiro atoms. The second-order valence-corrected chi connectivity index (χ2v) is 11.4. The zero-order valence-corrected chi connectivity index (χ0v) is 23.8. The molecule has 0 aliphatic rings. The molecule has 8 nitrogen and oxygen atoms in total. The number of amides is 2. The largest absolute Gasteiger partial charge is 0.497 e. The summed E-state index contributed by atoms with van der Waals surface area (Å²) in [6.07, 6.45) is 2.74. The molecule has 0 radical (unpaired) electrons. The third-order valence-corrected chi connectivity index (χ3v) is 7.61. The van der Waals surface area contributed by atoms with E-state index in [-0.39, 0.29) is 37.4 Å². The second kappa shape index (κ2) is 14.2. The molecule has 0 aromatic heterocycles. The van der Waals surface area contributed by atoms with Crippen molar-refractivity contribution in [1.82, 2.24) is 10.2 Å². The highest BCUT2D eigenvalue weighted by molar-refractivity contribution is 7.92. The molecular weight excluding hydrogens is 514 g/mol. The Morgan fingerprint density at radius 1 is 1.03 bits per heavy atom. The summed E-state index contributed by atoms with van der Waals surface area (Å²) in [6.45, 7) is 6.16. The highest BCUT2D eigenvalue weighted by Gasteiger charge is 2.29. The minimum Gasteiger partial charge on any atom is -0.497 e. The Morgan fingerprint density at radius 2 is 1.65 bits per heavy atom. The van der Waals surface area contributed by atoms with Crippen molar-refractivity contribution in [3.63, 3.8) is 0 Å². The first kappa shape index (κ1) is 30.4. The van der Waals surface area contributed by atoms with Crippen LogP contribution < -0.4 is 14.4 Å². The van der Waals surface area contributed by atoms with Gasteiger partial charge >= 0.3 is 0 Å². The van der Waals surface area contributed by atoms with Crippen LogP contribution in [-0.4, -0.2) is 57.1 Å². The van der Waals surface area contributed by atoms with Gasteiger partial charge in [0.1, 0.15) is 11.8 Å². The number of ether oxygens (including phenoxy) is 1. The number of nitrogens with one attached hydrogen (secondary N) is 1. The van der Waals surface area contributed by atoms with Crippen LogP contribution in [0.3, 0.4) is 0 Å². The molecule has 2 aromatic rings. The van der Waals surface area contributed by atoms with E-state index >= 15 is 0 Å². The number of rotatable bonds is 14. The Hall–Kier alpha value is -2.78. The van der Waals surface area contributed by atoms with Crippen molar-refractivity contribution in [1.29, 1.82) is 0 Å². The van der Waals surface area contributed by atoms with Crippen molar-refractivity contribution >= 4 is 39.1 Å². The second-order valence-electron chi connectivity index (χ2n) is 9.03. The van der Waals surface area contributed by atoms with Gasteiger partial charge in [-0.3, -0.25) is 13.9 Å². The first-order chi connectivity index (χ1) is 17.5. The number of halogens is 1. The van der Waals surface area contributed by atoms with Crippen LogP contribution in [0.15, 0.2) is 48.5 Å². The van der Waals surface area contributed by atoms with E-state index in [0.29, 0.717) is 29.3 Å². The van der Waals surface area contributed by atoms with Gasteiger partial charge in [0.2, 0.25) is 21.8 Å². The summed E-state index contributed by atoms with van der Waals surface area (Å²) in [7, 11) is -2.03. The predicted molar refractivity (Wildman–Crippen MR) is 148 cm³/mol. The molecule has 10 heteroatoms. The normalized spacial score (nSPS) is 12.9. The molecule has 2 rings (SSSR count). The minimum atomic E-state index is -3.57. The minimum absolute atomic E-state index is 0.0122. The molecule has 0 saturated heterocycles. The van der Waals surface area contributed by atoms with Crippen molar-refractivity contribution < 1.29 is 22.7 Å². The average Bonchev–Trinajstić information content (AvgIpc) is 2.86. The van der Waals surface area contributed by atoms with Crippen LogP contribution in [0.4, 0.5) is 5.69 Å². The molecule has 2 atom stereocenters. The number of hydrogen-bond donors (Lipinski definition) is 1. The van der Waals surface area contributed by atoms with Gasteiger partial charge in [0.15, 0.2) is 0 Å². The summed E-state index contributed by atoms with van der Waals surface area (Å²) < 4.78 is 31.4. The maximum absolute atomic E-state index is 13.5. The maximum Gasteiger partial charge on any atom is 0.243 e. The van der Waals surface area contributed by atoms with E-state index in [1.54, 1.807) is 41.3 Å². The van der Waals surface area contributed by atoms with E-state index < -0.39 is 16.1 Å². The van der Waals surface area contributed by atoms with Crippen molar-refractivity contribution in [3.8, 4) is 5.75 Å². The lowest BCUT2D eigenvalue weighted by atomic mass is 10.1. The molecule has 2 amide bonds. The molecule has 0 aliphatic heterocycles. The summed E-state index contributed by atoms with van der Waals surface area (Å²) >= 11 is 6.02. The van der Waals surface area contributed by atoms with E-state index in [9.17, 15) is 18.0 Å². The lowest BCUT2D eigenvalue weighted by molar-refractivity contribution is -0.141. The number of carbonyl (C=O) groups excluding carboxylic acids is 2. The van der Waals surface area contributed by atoms with Crippen molar-refractivity contribution in [2.24, 2.45) is 0 Å². The van der Waals surface area contributed by atoms with Crippen molar-refractivity contribution in [3.05, 3.63) is 59.1 Å². The lowest BCUT2D eigenvalue weighted by Crippen LogP contribution is -2.50. The quantitative estimate of drug-likeness (QED) is 0.370. The van der Waals surface area contributed by atoms with Gasteiger partial charge in [0.25, 0.3) is 0 Å². The number of methoxy groups -OCH3 is 1. The molecule has 204 valence electrons. The standard InChI is InChI=1S/C27H38ClN3O5S/c1-6-20(3)29-27(33)25(7-2)30(19-21-10-12-22(28)13-11-21)26(32)9-8-18-31(37(5,34)35)23-14-16-24(36-4)17-15-23/h10-17,20,25H,6-9,18-19H2,1-5H3,(H,29,33)/t20-,25+/m1/s1. The molecule has 2 aromatic carbocycles. The molecule has 0 saturated carbocycles. The van der Waals surface area contributed by atoms with Gasteiger partial charge in [-0.1, -0.05) is 37.6 Å². The van der Waals surface area contributed by atoms with E-state index in [2.05, 4.69) is 5.32 Å². The number of sulfonamides is 1. The van der Waals surface area contributed by atoms with Crippen LogP contribution in [0, 0.1) is 0 Å². The van der Waals surface area contributed by atoms with Gasteiger partial charge in [-0.05, 0) is 68.1 Å². The summed E-state index contributed by atoms with van der Waals surface area (Å²) in [5.74, 6) is 0.200. The van der Waals surface area contributed by atoms with Gasteiger partial charge in [-0.25, -0.2) is 8.42 Å². The fourth-order valence-electron chi connectivity index (χ4n) is 3.90. The molecule has 0 unspecified atom stereocenters. The maximum atomic E-state index is 13.5. The molecule has 0 fully saturated rings. The SMILES string of the molecule is CC[C@@H](C)NC(=O)[C@H](CC)N(Cc1ccc(Cl)cc1)C(=O)CCCN(c1ccc(OC)cc1)S(C)(=O)=O. The van der Waals surface area contributed by atoms with Gasteiger partial charge < -0.3 is 15.0 Å². The lowest BCUT2D eigenvalue weighted by Gasteiger charge is -2.32. The van der Waals surface area contributed by atoms with E-state index in [4.69, 9.17) is 16.3 Å². The van der Waals surface area contributed by atoms with Crippen LogP contribution in [0.2, 0.25) is 5.02 Å². The zero-order valence-electron chi connectivity index (χ0n) is 22.2. The molecular formula is C27H38ClN3O5S. The van der Waals surface area contributed by atoms with Crippen LogP contribution in [-0.2, 0) is 26.2 Å². The van der Waals surface area contributed by atoms with E-state index in [0.717, 1.165) is 18.2 Å². The van der Waals surface area contributed by atoms with E-state index in [1.807, 2.05) is 32.9 Å². The summed E-state index contributed by atoms with van der Waals surface area (Å²) in [5, 5.41) is 3.57. The smallest absolute Gasteiger partial charge is 0.243 e. The molecule has 0 heterocycles. The molecule has 37 heavy (non-hydrogen) atoms. The number of anilines is 1. The molecule has 1 N–H and O–H groups in total. The highest BCUT2D eigenvalue weighted by atomic mass is 35.5. The van der Waals surface area contributed by atoms with Crippen molar-refractivity contribution in [2.75, 3.05) is 24.2 Å². The Labute approximate surface area is 226 Å². The van der Waals surface area contributed by atoms with Gasteiger partial charge in [0.05, 0.1) is 19.1 Å². The topological polar surface area (TPSA) is 96.0 Å². The molecule has 0 aliphatic carbocycles. The van der Waals surface area contributed by atoms with E-state index in [1.165, 1.54) is 11.4 Å². The van der Waals surface area contributed by atoms with Crippen LogP contribution >= 0.6 is 11.6 Å². The molecule has 0 bridgehead atoms. The fraction of sp³-hybridized carbons (Fsp3) is 0.481. The Kier molecular flexibility index (Phi) is 11.7. The monoisotopic (exact) mass is 551 g/mol. The zero-order chi connectivity index (χ0) is 27.6. The fourth-order valence-corrected chi connectivity index (χ4v) is 4.99. The summed E-state index contributed by atoms with van der Waals surface area (Å²) in [4.78, 5) is 28.1. The third kappa shape index (κ3) is 9.23. The number of carbonyl (C=O) groups is 2. The van der Waals surface area contributed by atoms with Gasteiger partial charge in [-0.15, -0.1) is 0 Å². The highest BCUT2D eigenvalue weighted by Crippen LogP contribution is 2.23. The summed E-state index contributed by atoms with van der Waals surface area (Å²) in [6, 6.07) is 13.2.